The van der Waals surface area contributed by atoms with Crippen LogP contribution in [0.1, 0.15) is 55.7 Å². The normalized spacial score (nSPS) is 15.0. The molecule has 0 bridgehead atoms. The lowest BCUT2D eigenvalue weighted by molar-refractivity contribution is 0.357. The van der Waals surface area contributed by atoms with E-state index < -0.39 is 0 Å². The second kappa shape index (κ2) is 8.45. The minimum atomic E-state index is 0.658. The number of hydrogen-bond donors (Lipinski definition) is 0. The highest BCUT2D eigenvalue weighted by Gasteiger charge is 2.19. The van der Waals surface area contributed by atoms with Crippen LogP contribution in [0.2, 0.25) is 10.0 Å². The smallest absolute Gasteiger partial charge is 0.0932 e. The van der Waals surface area contributed by atoms with Crippen LogP contribution < -0.4 is 0 Å². The maximum Gasteiger partial charge on any atom is 0.0932 e. The van der Waals surface area contributed by atoms with Gasteiger partial charge < -0.3 is 0 Å². The number of nitrogens with zero attached hydrogens (tertiary/aromatic N) is 2. The topological polar surface area (TPSA) is 25.8 Å². The highest BCUT2D eigenvalue weighted by Crippen LogP contribution is 2.34. The Morgan fingerprint density at radius 3 is 2.45 bits per heavy atom. The first-order chi connectivity index (χ1) is 13.9. The third kappa shape index (κ3) is 4.20. The van der Waals surface area contributed by atoms with Crippen LogP contribution in [-0.4, -0.2) is 9.97 Å². The van der Waals surface area contributed by atoms with Crippen LogP contribution in [0.3, 0.4) is 0 Å². The number of pyridine rings is 2. The second-order valence-corrected chi connectivity index (χ2v) is 9.08. The molecular weight excluding hydrogens is 399 g/mol. The van der Waals surface area contributed by atoms with Gasteiger partial charge >= 0.3 is 0 Å². The van der Waals surface area contributed by atoms with Gasteiger partial charge in [0.2, 0.25) is 0 Å². The van der Waals surface area contributed by atoms with Crippen LogP contribution in [0.4, 0.5) is 0 Å². The Morgan fingerprint density at radius 2 is 1.79 bits per heavy atom. The molecule has 1 aliphatic carbocycles. The Labute approximate surface area is 183 Å². The summed E-state index contributed by atoms with van der Waals surface area (Å²) in [4.78, 5) is 9.71. The number of rotatable bonds is 4. The molecular formula is C25H26Cl2N2. The first-order valence-electron chi connectivity index (χ1n) is 10.3. The second-order valence-electron chi connectivity index (χ2n) is 8.27. The molecule has 0 saturated heterocycles. The van der Waals surface area contributed by atoms with E-state index in [-0.39, 0.29) is 0 Å². The van der Waals surface area contributed by atoms with Gasteiger partial charge in [0.25, 0.3) is 0 Å². The van der Waals surface area contributed by atoms with Crippen LogP contribution in [0.5, 0.6) is 0 Å². The fourth-order valence-electron chi connectivity index (χ4n) is 4.33. The summed E-state index contributed by atoms with van der Waals surface area (Å²) in [5.74, 6) is 0.709. The number of fused-ring (bicyclic) bond motifs is 1. The van der Waals surface area contributed by atoms with E-state index in [4.69, 9.17) is 28.2 Å². The summed E-state index contributed by atoms with van der Waals surface area (Å²) in [7, 11) is 0. The lowest BCUT2D eigenvalue weighted by atomic mass is 9.83. The van der Waals surface area contributed by atoms with E-state index in [1.165, 1.54) is 37.7 Å². The van der Waals surface area contributed by atoms with E-state index in [0.717, 1.165) is 45.4 Å². The molecule has 4 heteroatoms. The number of aromatic nitrogens is 2. The van der Waals surface area contributed by atoms with Gasteiger partial charge in [0.05, 0.1) is 16.7 Å². The van der Waals surface area contributed by atoms with Crippen molar-refractivity contribution in [2.75, 3.05) is 0 Å². The lowest BCUT2D eigenvalue weighted by Crippen LogP contribution is -2.11. The number of allylic oxidation sites excluding steroid dienone is 1. The van der Waals surface area contributed by atoms with Crippen molar-refractivity contribution >= 4 is 39.8 Å². The molecule has 150 valence electrons. The average Bonchev–Trinajstić information content (AvgIpc) is 2.72. The zero-order valence-electron chi connectivity index (χ0n) is 17.1. The SMILES string of the molecule is C=C(C)c1cnc2ccc(-c3cc(Cl)c(C)c(Cl)c3)nc2c1CC1CCCCC1. The quantitative estimate of drug-likeness (QED) is 0.422. The summed E-state index contributed by atoms with van der Waals surface area (Å²) in [5.41, 5.74) is 8.04. The van der Waals surface area contributed by atoms with Crippen molar-refractivity contribution in [2.45, 2.75) is 52.4 Å². The van der Waals surface area contributed by atoms with E-state index >= 15 is 0 Å². The molecule has 0 N–H and O–H groups in total. The highest BCUT2D eigenvalue weighted by molar-refractivity contribution is 6.36. The maximum absolute atomic E-state index is 6.38. The van der Waals surface area contributed by atoms with E-state index in [0.29, 0.717) is 16.0 Å². The summed E-state index contributed by atoms with van der Waals surface area (Å²) >= 11 is 12.8. The lowest BCUT2D eigenvalue weighted by Gasteiger charge is -2.23. The zero-order valence-corrected chi connectivity index (χ0v) is 18.6. The molecule has 1 fully saturated rings. The Hall–Kier alpha value is -1.90. The molecule has 29 heavy (non-hydrogen) atoms. The number of halogens is 2. The summed E-state index contributed by atoms with van der Waals surface area (Å²) < 4.78 is 0. The molecule has 1 aromatic carbocycles. The summed E-state index contributed by atoms with van der Waals surface area (Å²) in [6.45, 7) is 8.17. The monoisotopic (exact) mass is 424 g/mol. The third-order valence-electron chi connectivity index (χ3n) is 6.07. The Morgan fingerprint density at radius 1 is 1.10 bits per heavy atom. The predicted molar refractivity (Wildman–Crippen MR) is 125 cm³/mol. The molecule has 2 aromatic heterocycles. The Kier molecular flexibility index (Phi) is 5.94. The van der Waals surface area contributed by atoms with Crippen molar-refractivity contribution in [3.63, 3.8) is 0 Å². The van der Waals surface area contributed by atoms with E-state index in [1.54, 1.807) is 0 Å². The van der Waals surface area contributed by atoms with Crippen molar-refractivity contribution in [1.29, 1.82) is 0 Å². The van der Waals surface area contributed by atoms with Crippen molar-refractivity contribution in [1.82, 2.24) is 9.97 Å². The molecule has 0 spiro atoms. The van der Waals surface area contributed by atoms with Gasteiger partial charge in [-0.3, -0.25) is 4.98 Å². The summed E-state index contributed by atoms with van der Waals surface area (Å²) in [6, 6.07) is 7.92. The van der Waals surface area contributed by atoms with E-state index in [1.807, 2.05) is 37.4 Å². The van der Waals surface area contributed by atoms with Gasteiger partial charge in [-0.25, -0.2) is 4.98 Å². The van der Waals surface area contributed by atoms with Gasteiger partial charge in [0.1, 0.15) is 0 Å². The predicted octanol–water partition coefficient (Wildman–Crippen LogP) is 8.07. The molecule has 1 saturated carbocycles. The minimum Gasteiger partial charge on any atom is -0.254 e. The van der Waals surface area contributed by atoms with Gasteiger partial charge in [0.15, 0.2) is 0 Å². The van der Waals surface area contributed by atoms with E-state index in [2.05, 4.69) is 18.5 Å². The maximum atomic E-state index is 6.38. The van der Waals surface area contributed by atoms with Gasteiger partial charge in [-0.2, -0.15) is 0 Å². The fourth-order valence-corrected chi connectivity index (χ4v) is 4.81. The standard InChI is InChI=1S/C25H26Cl2N2/c1-15(2)20-14-28-24-10-9-23(18-12-21(26)16(3)22(27)13-18)29-25(24)19(20)11-17-7-5-4-6-8-17/h9-10,12-14,17H,1,4-8,11H2,2-3H3. The van der Waals surface area contributed by atoms with Gasteiger partial charge in [-0.05, 0) is 67.2 Å². The largest absolute Gasteiger partial charge is 0.254 e. The third-order valence-corrected chi connectivity index (χ3v) is 6.86. The fraction of sp³-hybridized carbons (Fsp3) is 0.360. The molecule has 4 rings (SSSR count). The molecule has 0 radical (unpaired) electrons. The Balaban J connectivity index is 1.85. The van der Waals surface area contributed by atoms with Crippen LogP contribution in [-0.2, 0) is 6.42 Å². The van der Waals surface area contributed by atoms with E-state index in [9.17, 15) is 0 Å². The number of benzene rings is 1. The number of hydrogen-bond acceptors (Lipinski definition) is 2. The first kappa shape index (κ1) is 20.4. The molecule has 0 amide bonds. The first-order valence-corrected chi connectivity index (χ1v) is 11.1. The molecule has 0 atom stereocenters. The Bertz CT molecular complexity index is 1060. The molecule has 0 aliphatic heterocycles. The van der Waals surface area contributed by atoms with Gasteiger partial charge in [-0.15, -0.1) is 0 Å². The molecule has 2 heterocycles. The summed E-state index contributed by atoms with van der Waals surface area (Å²) in [5, 5.41) is 1.32. The van der Waals surface area contributed by atoms with Crippen LogP contribution in [0.25, 0.3) is 27.9 Å². The zero-order chi connectivity index (χ0) is 20.5. The van der Waals surface area contributed by atoms with Crippen molar-refractivity contribution in [3.05, 3.63) is 63.8 Å². The van der Waals surface area contributed by atoms with Crippen LogP contribution >= 0.6 is 23.2 Å². The van der Waals surface area contributed by atoms with Crippen molar-refractivity contribution < 1.29 is 0 Å². The molecule has 3 aromatic rings. The average molecular weight is 425 g/mol. The van der Waals surface area contributed by atoms with Crippen molar-refractivity contribution in [3.8, 4) is 11.3 Å². The van der Waals surface area contributed by atoms with Crippen molar-refractivity contribution in [2.24, 2.45) is 5.92 Å². The minimum absolute atomic E-state index is 0.658. The van der Waals surface area contributed by atoms with Gasteiger partial charge in [-0.1, -0.05) is 61.9 Å². The summed E-state index contributed by atoms with van der Waals surface area (Å²) in [6.07, 6.45) is 9.60. The molecule has 1 aliphatic rings. The highest BCUT2D eigenvalue weighted by atomic mass is 35.5. The molecule has 0 unspecified atom stereocenters. The van der Waals surface area contributed by atoms with Crippen LogP contribution in [0, 0.1) is 12.8 Å². The molecule has 2 nitrogen and oxygen atoms in total. The van der Waals surface area contributed by atoms with Crippen LogP contribution in [0.15, 0.2) is 37.0 Å². The van der Waals surface area contributed by atoms with Gasteiger partial charge in [0, 0.05) is 27.4 Å².